The minimum absolute atomic E-state index is 0.119. The average molecular weight is 464 g/mol. The highest BCUT2D eigenvalue weighted by molar-refractivity contribution is 7.93. The molecule has 10 heteroatoms. The minimum Gasteiger partial charge on any atom is -0.399 e. The Bertz CT molecular complexity index is 1420. The van der Waals surface area contributed by atoms with E-state index in [1.165, 1.54) is 42.7 Å². The van der Waals surface area contributed by atoms with E-state index in [0.717, 1.165) is 0 Å². The van der Waals surface area contributed by atoms with Gasteiger partial charge in [0, 0.05) is 29.2 Å². The second kappa shape index (κ2) is 8.93. The van der Waals surface area contributed by atoms with Gasteiger partial charge in [0.25, 0.3) is 10.0 Å². The summed E-state index contributed by atoms with van der Waals surface area (Å²) in [6.07, 6.45) is 2.44. The number of fused-ring (bicyclic) bond motifs is 1. The van der Waals surface area contributed by atoms with Crippen molar-refractivity contribution in [2.75, 3.05) is 10.0 Å². The van der Waals surface area contributed by atoms with Gasteiger partial charge in [-0.1, -0.05) is 18.2 Å². The molecule has 4 rings (SSSR count). The summed E-state index contributed by atoms with van der Waals surface area (Å²) < 4.78 is 27.5. The lowest BCUT2D eigenvalue weighted by Gasteiger charge is -2.21. The van der Waals surface area contributed by atoms with Crippen LogP contribution in [0.15, 0.2) is 71.9 Å². The molecular formula is C23H21N5O4S. The monoisotopic (exact) mass is 463 g/mol. The van der Waals surface area contributed by atoms with Gasteiger partial charge in [-0.3, -0.25) is 9.78 Å². The Morgan fingerprint density at radius 2 is 1.73 bits per heavy atom. The number of pyridine rings is 1. The lowest BCUT2D eigenvalue weighted by molar-refractivity contribution is -0.116. The maximum atomic E-state index is 13.4. The molecule has 168 valence electrons. The highest BCUT2D eigenvalue weighted by atomic mass is 32.2. The van der Waals surface area contributed by atoms with E-state index in [1.807, 2.05) is 0 Å². The van der Waals surface area contributed by atoms with Gasteiger partial charge in [-0.15, -0.1) is 0 Å². The highest BCUT2D eigenvalue weighted by Crippen LogP contribution is 2.26. The molecule has 2 aromatic heterocycles. The summed E-state index contributed by atoms with van der Waals surface area (Å²) >= 11 is 0. The molecule has 2 heterocycles. The smallest absolute Gasteiger partial charge is 0.273 e. The number of aryl methyl sites for hydroxylation is 1. The molecule has 0 aliphatic heterocycles. The molecule has 0 saturated carbocycles. The van der Waals surface area contributed by atoms with Gasteiger partial charge in [-0.25, -0.2) is 18.4 Å². The van der Waals surface area contributed by atoms with Crippen LogP contribution in [0.5, 0.6) is 0 Å². The molecule has 0 saturated heterocycles. The first-order chi connectivity index (χ1) is 15.8. The average Bonchev–Trinajstić information content (AvgIpc) is 2.80. The molecule has 9 nitrogen and oxygen atoms in total. The number of nitrogens with zero attached hydrogens (tertiary/aromatic N) is 4. The van der Waals surface area contributed by atoms with Crippen LogP contribution in [-0.4, -0.2) is 34.4 Å². The van der Waals surface area contributed by atoms with Crippen molar-refractivity contribution < 1.29 is 18.3 Å². The summed E-state index contributed by atoms with van der Waals surface area (Å²) in [5, 5.41) is 10.4. The van der Waals surface area contributed by atoms with Gasteiger partial charge in [0.15, 0.2) is 0 Å². The number of hydrogen-bond acceptors (Lipinski definition) is 8. The van der Waals surface area contributed by atoms with Crippen molar-refractivity contribution in [3.63, 3.8) is 0 Å². The SMILES string of the molecule is Cc1cc(CO)c2cccc(CC(=O)N(c3ncccn3)S(=O)(=O)c3ccc(N)cc3)c2n1. The van der Waals surface area contributed by atoms with E-state index in [0.29, 0.717) is 37.7 Å². The van der Waals surface area contributed by atoms with Crippen molar-refractivity contribution in [2.45, 2.75) is 24.8 Å². The van der Waals surface area contributed by atoms with E-state index in [-0.39, 0.29) is 23.9 Å². The number of sulfonamides is 1. The Balaban J connectivity index is 1.81. The summed E-state index contributed by atoms with van der Waals surface area (Å²) in [5.41, 5.74) is 8.45. The van der Waals surface area contributed by atoms with E-state index in [1.54, 1.807) is 31.2 Å². The van der Waals surface area contributed by atoms with Gasteiger partial charge in [-0.05, 0) is 54.4 Å². The van der Waals surface area contributed by atoms with Crippen molar-refractivity contribution in [3.8, 4) is 0 Å². The molecule has 2 aromatic carbocycles. The summed E-state index contributed by atoms with van der Waals surface area (Å²) in [7, 11) is -4.32. The van der Waals surface area contributed by atoms with Gasteiger partial charge in [-0.2, -0.15) is 4.31 Å². The topological polar surface area (TPSA) is 139 Å². The number of carbonyl (C=O) groups excluding carboxylic acids is 1. The number of rotatable bonds is 6. The number of aromatic nitrogens is 3. The summed E-state index contributed by atoms with van der Waals surface area (Å²) in [5.74, 6) is -1.01. The molecule has 0 aliphatic rings. The number of carbonyl (C=O) groups is 1. The first-order valence-electron chi connectivity index (χ1n) is 10.0. The van der Waals surface area contributed by atoms with Crippen LogP contribution < -0.4 is 10.0 Å². The Morgan fingerprint density at radius 1 is 1.03 bits per heavy atom. The van der Waals surface area contributed by atoms with Crippen LogP contribution in [0.3, 0.4) is 0 Å². The molecule has 0 radical (unpaired) electrons. The van der Waals surface area contributed by atoms with Crippen LogP contribution in [0.4, 0.5) is 11.6 Å². The third-order valence-corrected chi connectivity index (χ3v) is 6.74. The molecule has 0 atom stereocenters. The van der Waals surface area contributed by atoms with Crippen LogP contribution in [0, 0.1) is 6.92 Å². The first-order valence-corrected chi connectivity index (χ1v) is 11.4. The van der Waals surface area contributed by atoms with Gasteiger partial charge in [0.05, 0.1) is 23.4 Å². The number of aliphatic hydroxyl groups is 1. The van der Waals surface area contributed by atoms with Crippen molar-refractivity contribution in [2.24, 2.45) is 0 Å². The molecule has 3 N–H and O–H groups in total. The summed E-state index contributed by atoms with van der Waals surface area (Å²) in [4.78, 5) is 25.8. The van der Waals surface area contributed by atoms with Crippen LogP contribution >= 0.6 is 0 Å². The largest absolute Gasteiger partial charge is 0.399 e. The van der Waals surface area contributed by atoms with E-state index < -0.39 is 15.9 Å². The summed E-state index contributed by atoms with van der Waals surface area (Å²) in [6, 6.07) is 14.1. The molecule has 0 spiro atoms. The van der Waals surface area contributed by atoms with E-state index in [4.69, 9.17) is 5.73 Å². The number of nitrogen functional groups attached to an aromatic ring is 1. The number of nitrogens with two attached hydrogens (primary N) is 1. The zero-order valence-corrected chi connectivity index (χ0v) is 18.5. The zero-order chi connectivity index (χ0) is 23.6. The number of anilines is 2. The Morgan fingerprint density at radius 3 is 2.39 bits per heavy atom. The fourth-order valence-corrected chi connectivity index (χ4v) is 4.86. The summed E-state index contributed by atoms with van der Waals surface area (Å²) in [6.45, 7) is 1.60. The van der Waals surface area contributed by atoms with Gasteiger partial charge in [0.1, 0.15) is 0 Å². The Labute approximate surface area is 190 Å². The fourth-order valence-electron chi connectivity index (χ4n) is 3.52. The molecule has 0 unspecified atom stereocenters. The minimum atomic E-state index is -4.32. The maximum absolute atomic E-state index is 13.4. The van der Waals surface area contributed by atoms with Crippen molar-refractivity contribution in [1.29, 1.82) is 0 Å². The van der Waals surface area contributed by atoms with E-state index in [2.05, 4.69) is 15.0 Å². The van der Waals surface area contributed by atoms with Gasteiger partial charge >= 0.3 is 0 Å². The quantitative estimate of drug-likeness (QED) is 0.416. The predicted molar refractivity (Wildman–Crippen MR) is 124 cm³/mol. The molecule has 0 bridgehead atoms. The number of benzene rings is 2. The number of amides is 1. The van der Waals surface area contributed by atoms with E-state index >= 15 is 0 Å². The van der Waals surface area contributed by atoms with Gasteiger partial charge in [0.2, 0.25) is 11.9 Å². The Hall–Kier alpha value is -3.89. The normalized spacial score (nSPS) is 11.5. The lowest BCUT2D eigenvalue weighted by atomic mass is 10.0. The second-order valence-corrected chi connectivity index (χ2v) is 9.14. The van der Waals surface area contributed by atoms with Crippen molar-refractivity contribution >= 4 is 38.5 Å². The highest BCUT2D eigenvalue weighted by Gasteiger charge is 2.33. The third-order valence-electron chi connectivity index (χ3n) is 5.03. The van der Waals surface area contributed by atoms with Crippen LogP contribution in [-0.2, 0) is 27.8 Å². The molecular weight excluding hydrogens is 442 g/mol. The first kappa shape index (κ1) is 22.3. The number of aliphatic hydroxyl groups excluding tert-OH is 1. The Kier molecular flexibility index (Phi) is 6.03. The van der Waals surface area contributed by atoms with Crippen LogP contribution in [0.2, 0.25) is 0 Å². The van der Waals surface area contributed by atoms with Crippen molar-refractivity contribution in [3.05, 3.63) is 83.8 Å². The third kappa shape index (κ3) is 4.38. The number of para-hydroxylation sites is 1. The molecule has 0 aliphatic carbocycles. The van der Waals surface area contributed by atoms with Gasteiger partial charge < -0.3 is 10.8 Å². The number of hydrogen-bond donors (Lipinski definition) is 2. The van der Waals surface area contributed by atoms with Crippen LogP contribution in [0.25, 0.3) is 10.9 Å². The van der Waals surface area contributed by atoms with Crippen LogP contribution in [0.1, 0.15) is 16.8 Å². The standard InChI is InChI=1S/C23H21N5O4S/c1-15-12-17(14-29)20-5-2-4-16(22(20)27-15)13-21(30)28(23-25-10-3-11-26-23)33(31,32)19-8-6-18(24)7-9-19/h2-12,29H,13-14,24H2,1H3. The predicted octanol–water partition coefficient (Wildman–Crippen LogP) is 2.37. The second-order valence-electron chi connectivity index (χ2n) is 7.35. The van der Waals surface area contributed by atoms with E-state index in [9.17, 15) is 18.3 Å². The van der Waals surface area contributed by atoms with Crippen molar-refractivity contribution in [1.82, 2.24) is 15.0 Å². The zero-order valence-electron chi connectivity index (χ0n) is 17.7. The fraction of sp³-hybridized carbons (Fsp3) is 0.130. The maximum Gasteiger partial charge on any atom is 0.273 e. The molecule has 4 aromatic rings. The lowest BCUT2D eigenvalue weighted by Crippen LogP contribution is -2.39. The molecule has 1 amide bonds. The molecule has 0 fully saturated rings. The molecule has 33 heavy (non-hydrogen) atoms.